The lowest BCUT2D eigenvalue weighted by Gasteiger charge is -2.01. The lowest BCUT2D eigenvalue weighted by molar-refractivity contribution is 0.0997. The highest BCUT2D eigenvalue weighted by molar-refractivity contribution is 6.04. The average Bonchev–Trinajstić information content (AvgIpc) is 2.82. The quantitative estimate of drug-likeness (QED) is 0.686. The van der Waals surface area contributed by atoms with E-state index in [0.29, 0.717) is 10.9 Å². The van der Waals surface area contributed by atoms with E-state index in [9.17, 15) is 9.18 Å². The number of halogens is 1. The molecule has 1 aromatic carbocycles. The lowest BCUT2D eigenvalue weighted by Crippen LogP contribution is -2.11. The number of H-pyrrole nitrogens is 1. The van der Waals surface area contributed by atoms with Gasteiger partial charge in [-0.3, -0.25) is 9.89 Å². The number of nitrogens with one attached hydrogen (secondary N) is 1. The fourth-order valence-electron chi connectivity index (χ4n) is 1.93. The first-order chi connectivity index (χ1) is 9.15. The second kappa shape index (κ2) is 4.16. The Morgan fingerprint density at radius 2 is 2.00 bits per heavy atom. The molecule has 94 valence electrons. The van der Waals surface area contributed by atoms with Gasteiger partial charge in [0.2, 0.25) is 5.95 Å². The first-order valence-electron chi connectivity index (χ1n) is 5.55. The van der Waals surface area contributed by atoms with Crippen LogP contribution in [0, 0.1) is 5.95 Å². The first-order valence-corrected chi connectivity index (χ1v) is 5.55. The highest BCUT2D eigenvalue weighted by Crippen LogP contribution is 2.24. The summed E-state index contributed by atoms with van der Waals surface area (Å²) in [7, 11) is 0. The molecule has 0 aliphatic rings. The zero-order valence-corrected chi connectivity index (χ0v) is 9.72. The number of hydrogen-bond acceptors (Lipinski definition) is 3. The van der Waals surface area contributed by atoms with Crippen molar-refractivity contribution in [2.75, 3.05) is 0 Å². The average molecular weight is 256 g/mol. The van der Waals surface area contributed by atoms with Crippen LogP contribution in [0.15, 0.2) is 36.5 Å². The monoisotopic (exact) mass is 256 g/mol. The van der Waals surface area contributed by atoms with Gasteiger partial charge in [0.1, 0.15) is 0 Å². The van der Waals surface area contributed by atoms with Gasteiger partial charge in [0.05, 0.1) is 5.52 Å². The van der Waals surface area contributed by atoms with Crippen molar-refractivity contribution >= 4 is 16.8 Å². The highest BCUT2D eigenvalue weighted by Gasteiger charge is 2.11. The molecule has 5 nitrogen and oxygen atoms in total. The van der Waals surface area contributed by atoms with E-state index in [0.717, 1.165) is 11.1 Å². The largest absolute Gasteiger partial charge is 0.364 e. The zero-order chi connectivity index (χ0) is 13.4. The van der Waals surface area contributed by atoms with Crippen LogP contribution < -0.4 is 5.73 Å². The predicted molar refractivity (Wildman–Crippen MR) is 67.8 cm³/mol. The van der Waals surface area contributed by atoms with E-state index in [2.05, 4.69) is 15.2 Å². The molecular weight excluding hydrogens is 247 g/mol. The normalized spacial score (nSPS) is 10.8. The van der Waals surface area contributed by atoms with Gasteiger partial charge in [-0.25, -0.2) is 4.98 Å². The Bertz CT molecular complexity index is 764. The highest BCUT2D eigenvalue weighted by atomic mass is 19.1. The summed E-state index contributed by atoms with van der Waals surface area (Å²) in [6.07, 6.45) is 1.43. The summed E-state index contributed by atoms with van der Waals surface area (Å²) < 4.78 is 12.8. The molecule has 3 N–H and O–H groups in total. The predicted octanol–water partition coefficient (Wildman–Crippen LogP) is 1.86. The number of rotatable bonds is 2. The number of fused-ring (bicyclic) bond motifs is 1. The minimum absolute atomic E-state index is 0.187. The van der Waals surface area contributed by atoms with Crippen molar-refractivity contribution in [3.05, 3.63) is 48.2 Å². The van der Waals surface area contributed by atoms with Crippen LogP contribution in [0.2, 0.25) is 0 Å². The van der Waals surface area contributed by atoms with Crippen LogP contribution in [0.25, 0.3) is 22.0 Å². The third kappa shape index (κ3) is 1.93. The number of benzene rings is 1. The number of primary amides is 1. The molecule has 0 atom stereocenters. The summed E-state index contributed by atoms with van der Waals surface area (Å²) >= 11 is 0. The number of pyridine rings is 1. The van der Waals surface area contributed by atoms with E-state index in [1.165, 1.54) is 12.3 Å². The number of nitrogens with zero attached hydrogens (tertiary/aromatic N) is 2. The van der Waals surface area contributed by atoms with E-state index in [-0.39, 0.29) is 5.69 Å². The van der Waals surface area contributed by atoms with E-state index >= 15 is 0 Å². The van der Waals surface area contributed by atoms with Crippen molar-refractivity contribution in [3.63, 3.8) is 0 Å². The van der Waals surface area contributed by atoms with Gasteiger partial charge in [0, 0.05) is 17.1 Å². The molecule has 6 heteroatoms. The van der Waals surface area contributed by atoms with Gasteiger partial charge in [-0.15, -0.1) is 0 Å². The molecule has 3 rings (SSSR count). The van der Waals surface area contributed by atoms with Crippen molar-refractivity contribution in [3.8, 4) is 11.1 Å². The standard InChI is InChI=1S/C13H9FN4O/c14-11-4-2-8(6-16-11)7-1-3-10-9(5-7)12(13(15)19)18-17-10/h1-6H,(H2,15,19)(H,17,18). The van der Waals surface area contributed by atoms with Gasteiger partial charge in [-0.2, -0.15) is 9.49 Å². The molecule has 19 heavy (non-hydrogen) atoms. The summed E-state index contributed by atoms with van der Waals surface area (Å²) in [6.45, 7) is 0. The van der Waals surface area contributed by atoms with Crippen LogP contribution in [0.3, 0.4) is 0 Å². The first kappa shape index (κ1) is 11.3. The Morgan fingerprint density at radius 1 is 1.21 bits per heavy atom. The maximum atomic E-state index is 12.8. The molecule has 0 spiro atoms. The minimum atomic E-state index is -0.597. The van der Waals surface area contributed by atoms with Gasteiger partial charge >= 0.3 is 0 Å². The van der Waals surface area contributed by atoms with Crippen LogP contribution in [0.4, 0.5) is 4.39 Å². The molecule has 0 radical (unpaired) electrons. The number of carbonyl (C=O) groups is 1. The maximum Gasteiger partial charge on any atom is 0.269 e. The summed E-state index contributed by atoms with van der Waals surface area (Å²) in [6, 6.07) is 8.29. The lowest BCUT2D eigenvalue weighted by atomic mass is 10.0. The minimum Gasteiger partial charge on any atom is -0.364 e. The van der Waals surface area contributed by atoms with Crippen molar-refractivity contribution < 1.29 is 9.18 Å². The molecular formula is C13H9FN4O. The fraction of sp³-hybridized carbons (Fsp3) is 0. The van der Waals surface area contributed by atoms with Crippen molar-refractivity contribution in [2.45, 2.75) is 0 Å². The molecule has 0 saturated carbocycles. The Kier molecular flexibility index (Phi) is 2.49. The summed E-state index contributed by atoms with van der Waals surface area (Å²) in [5, 5.41) is 7.23. The van der Waals surface area contributed by atoms with Crippen LogP contribution in [0.5, 0.6) is 0 Å². The van der Waals surface area contributed by atoms with Crippen molar-refractivity contribution in [1.82, 2.24) is 15.2 Å². The third-order valence-electron chi connectivity index (χ3n) is 2.86. The maximum absolute atomic E-state index is 12.8. The SMILES string of the molecule is NC(=O)c1n[nH]c2ccc(-c3ccc(F)nc3)cc12. The van der Waals surface area contributed by atoms with Gasteiger partial charge in [-0.1, -0.05) is 6.07 Å². The number of aromatic nitrogens is 3. The number of hydrogen-bond donors (Lipinski definition) is 2. The van der Waals surface area contributed by atoms with Gasteiger partial charge < -0.3 is 5.73 Å². The molecule has 0 bridgehead atoms. The topological polar surface area (TPSA) is 84.7 Å². The Morgan fingerprint density at radius 3 is 2.68 bits per heavy atom. The summed E-state index contributed by atoms with van der Waals surface area (Å²) in [5.74, 6) is -1.13. The number of amides is 1. The molecule has 3 aromatic rings. The third-order valence-corrected chi connectivity index (χ3v) is 2.86. The van der Waals surface area contributed by atoms with E-state index in [4.69, 9.17) is 5.73 Å². The smallest absolute Gasteiger partial charge is 0.269 e. The summed E-state index contributed by atoms with van der Waals surface area (Å²) in [5.41, 5.74) is 7.71. The number of nitrogens with two attached hydrogens (primary N) is 1. The van der Waals surface area contributed by atoms with Gasteiger partial charge in [0.15, 0.2) is 5.69 Å². The number of aromatic amines is 1. The molecule has 0 aliphatic carbocycles. The molecule has 0 fully saturated rings. The van der Waals surface area contributed by atoms with Crippen molar-refractivity contribution in [2.24, 2.45) is 5.73 Å². The Labute approximate surface area is 107 Å². The number of carbonyl (C=O) groups excluding carboxylic acids is 1. The molecule has 0 aliphatic heterocycles. The van der Waals surface area contributed by atoms with Crippen LogP contribution in [0.1, 0.15) is 10.5 Å². The molecule has 2 heterocycles. The Balaban J connectivity index is 2.17. The van der Waals surface area contributed by atoms with Crippen LogP contribution >= 0.6 is 0 Å². The fourth-order valence-corrected chi connectivity index (χ4v) is 1.93. The van der Waals surface area contributed by atoms with Crippen LogP contribution in [-0.4, -0.2) is 21.1 Å². The van der Waals surface area contributed by atoms with E-state index in [1.54, 1.807) is 18.2 Å². The van der Waals surface area contributed by atoms with Crippen LogP contribution in [-0.2, 0) is 0 Å². The molecule has 1 amide bonds. The van der Waals surface area contributed by atoms with Gasteiger partial charge in [0.25, 0.3) is 5.91 Å². The van der Waals surface area contributed by atoms with Crippen molar-refractivity contribution in [1.29, 1.82) is 0 Å². The van der Waals surface area contributed by atoms with E-state index in [1.807, 2.05) is 6.07 Å². The second-order valence-corrected chi connectivity index (χ2v) is 4.07. The summed E-state index contributed by atoms with van der Waals surface area (Å²) in [4.78, 5) is 14.8. The Hall–Kier alpha value is -2.76. The molecule has 0 saturated heterocycles. The van der Waals surface area contributed by atoms with Gasteiger partial charge in [-0.05, 0) is 29.8 Å². The second-order valence-electron chi connectivity index (χ2n) is 4.07. The zero-order valence-electron chi connectivity index (χ0n) is 9.72. The molecule has 0 unspecified atom stereocenters. The molecule has 2 aromatic heterocycles. The van der Waals surface area contributed by atoms with E-state index < -0.39 is 11.9 Å².